The van der Waals surface area contributed by atoms with Crippen molar-refractivity contribution in [3.05, 3.63) is 35.4 Å². The monoisotopic (exact) mass is 247 g/mol. The molecule has 5 heteroatoms. The van der Waals surface area contributed by atoms with E-state index in [4.69, 9.17) is 0 Å². The highest BCUT2D eigenvalue weighted by atomic mass is 32.2. The summed E-state index contributed by atoms with van der Waals surface area (Å²) in [4.78, 5) is 0. The smallest absolute Gasteiger partial charge is 0.126 e. The lowest BCUT2D eigenvalue weighted by molar-refractivity contribution is 0.578. The fraction of sp³-hybridized carbons (Fsp3) is 0.455. The van der Waals surface area contributed by atoms with E-state index >= 15 is 0 Å². The number of nitrogens with zero attached hydrogens (tertiary/aromatic N) is 1. The van der Waals surface area contributed by atoms with Crippen molar-refractivity contribution in [3.63, 3.8) is 0 Å². The van der Waals surface area contributed by atoms with Gasteiger partial charge in [-0.2, -0.15) is 0 Å². The zero-order valence-corrected chi connectivity index (χ0v) is 10.2. The van der Waals surface area contributed by atoms with E-state index in [2.05, 4.69) is 4.36 Å². The molecule has 0 aromatic heterocycles. The molecule has 0 bridgehead atoms. The Bertz CT molecular complexity index is 451. The maximum absolute atomic E-state index is 12.8. The van der Waals surface area contributed by atoms with Gasteiger partial charge in [0.25, 0.3) is 0 Å². The van der Waals surface area contributed by atoms with Crippen LogP contribution in [0, 0.1) is 11.6 Å². The second-order valence-corrected chi connectivity index (χ2v) is 6.54. The van der Waals surface area contributed by atoms with Crippen molar-refractivity contribution in [1.29, 1.82) is 0 Å². The van der Waals surface area contributed by atoms with Crippen LogP contribution in [0.5, 0.6) is 0 Å². The molecule has 1 aromatic rings. The molecule has 0 heterocycles. The van der Waals surface area contributed by atoms with Crippen LogP contribution in [-0.4, -0.2) is 23.3 Å². The topological polar surface area (TPSA) is 29.4 Å². The molecule has 0 saturated carbocycles. The summed E-state index contributed by atoms with van der Waals surface area (Å²) in [6, 6.07) is 3.45. The zero-order chi connectivity index (χ0) is 12.2. The van der Waals surface area contributed by atoms with E-state index in [9.17, 15) is 13.0 Å². The summed E-state index contributed by atoms with van der Waals surface area (Å²) in [6.45, 7) is 0.448. The molecule has 0 aliphatic heterocycles. The fourth-order valence-electron chi connectivity index (χ4n) is 1.32. The van der Waals surface area contributed by atoms with Gasteiger partial charge in [0.05, 0.1) is 0 Å². The van der Waals surface area contributed by atoms with Gasteiger partial charge in [-0.15, -0.1) is 0 Å². The number of aryl methyl sites for hydroxylation is 1. The number of hydrogen-bond donors (Lipinski definition) is 0. The number of benzene rings is 1. The van der Waals surface area contributed by atoms with Crippen LogP contribution >= 0.6 is 0 Å². The first kappa shape index (κ1) is 13.1. The van der Waals surface area contributed by atoms with E-state index in [0.717, 1.165) is 6.07 Å². The van der Waals surface area contributed by atoms with Crippen LogP contribution in [0.15, 0.2) is 22.6 Å². The summed E-state index contributed by atoms with van der Waals surface area (Å²) in [5.41, 5.74) is 0.603. The SMILES string of the molecule is CS(C)(=O)=NCCCc1cc(F)cc(F)c1. The third-order valence-electron chi connectivity index (χ3n) is 1.95. The van der Waals surface area contributed by atoms with Crippen molar-refractivity contribution in [2.24, 2.45) is 4.36 Å². The Hall–Kier alpha value is -0.970. The Balaban J connectivity index is 2.53. The molecule has 0 fully saturated rings. The van der Waals surface area contributed by atoms with E-state index in [1.54, 1.807) is 12.5 Å². The van der Waals surface area contributed by atoms with Gasteiger partial charge in [-0.3, -0.25) is 4.21 Å². The minimum absolute atomic E-state index is 0.448. The van der Waals surface area contributed by atoms with Crippen LogP contribution in [-0.2, 0) is 16.1 Å². The Morgan fingerprint density at radius 3 is 2.25 bits per heavy atom. The van der Waals surface area contributed by atoms with Crippen molar-refractivity contribution in [2.45, 2.75) is 12.8 Å². The first-order chi connectivity index (χ1) is 7.37. The van der Waals surface area contributed by atoms with Crippen molar-refractivity contribution in [2.75, 3.05) is 19.1 Å². The molecular weight excluding hydrogens is 232 g/mol. The molecule has 0 radical (unpaired) electrons. The second kappa shape index (κ2) is 5.39. The quantitative estimate of drug-likeness (QED) is 0.752. The number of hydrogen-bond acceptors (Lipinski definition) is 2. The van der Waals surface area contributed by atoms with Gasteiger partial charge in [0, 0.05) is 34.9 Å². The van der Waals surface area contributed by atoms with Crippen LogP contribution in [0.2, 0.25) is 0 Å². The Morgan fingerprint density at radius 1 is 1.19 bits per heavy atom. The Labute approximate surface area is 94.9 Å². The molecule has 0 amide bonds. The van der Waals surface area contributed by atoms with E-state index in [1.165, 1.54) is 12.1 Å². The molecule has 0 spiro atoms. The molecule has 1 aromatic carbocycles. The highest BCUT2D eigenvalue weighted by Crippen LogP contribution is 2.10. The van der Waals surface area contributed by atoms with Crippen molar-refractivity contribution < 1.29 is 13.0 Å². The van der Waals surface area contributed by atoms with E-state index in [1.807, 2.05) is 0 Å². The summed E-state index contributed by atoms with van der Waals surface area (Å²) in [5.74, 6) is -1.14. The van der Waals surface area contributed by atoms with Gasteiger partial charge < -0.3 is 0 Å². The zero-order valence-electron chi connectivity index (χ0n) is 9.37. The average molecular weight is 247 g/mol. The standard InChI is InChI=1S/C11H15F2NOS/c1-16(2,15)14-5-3-4-9-6-10(12)8-11(13)7-9/h6-8H,3-5H2,1-2H3. The lowest BCUT2D eigenvalue weighted by Crippen LogP contribution is -1.96. The minimum atomic E-state index is -2.07. The lowest BCUT2D eigenvalue weighted by atomic mass is 10.1. The van der Waals surface area contributed by atoms with Crippen molar-refractivity contribution >= 4 is 9.73 Å². The average Bonchev–Trinajstić information content (AvgIpc) is 2.09. The van der Waals surface area contributed by atoms with Gasteiger partial charge in [0.2, 0.25) is 0 Å². The molecule has 2 nitrogen and oxygen atoms in total. The van der Waals surface area contributed by atoms with Gasteiger partial charge >= 0.3 is 0 Å². The summed E-state index contributed by atoms with van der Waals surface area (Å²) in [7, 11) is -2.07. The van der Waals surface area contributed by atoms with Gasteiger partial charge in [0.15, 0.2) is 0 Å². The second-order valence-electron chi connectivity index (χ2n) is 3.92. The van der Waals surface area contributed by atoms with Crippen LogP contribution in [0.1, 0.15) is 12.0 Å². The highest BCUT2D eigenvalue weighted by molar-refractivity contribution is 7.92. The predicted molar refractivity (Wildman–Crippen MR) is 62.0 cm³/mol. The first-order valence-electron chi connectivity index (χ1n) is 4.95. The van der Waals surface area contributed by atoms with Crippen LogP contribution in [0.25, 0.3) is 0 Å². The largest absolute Gasteiger partial charge is 0.250 e. The molecule has 0 atom stereocenters. The van der Waals surface area contributed by atoms with Crippen LogP contribution in [0.3, 0.4) is 0 Å². The molecule has 0 N–H and O–H groups in total. The van der Waals surface area contributed by atoms with E-state index in [-0.39, 0.29) is 0 Å². The molecule has 16 heavy (non-hydrogen) atoms. The molecule has 0 saturated heterocycles. The van der Waals surface area contributed by atoms with Crippen LogP contribution in [0.4, 0.5) is 8.78 Å². The molecule has 1 rings (SSSR count). The number of halogens is 2. The van der Waals surface area contributed by atoms with Crippen molar-refractivity contribution in [3.8, 4) is 0 Å². The van der Waals surface area contributed by atoms with E-state index < -0.39 is 21.4 Å². The van der Waals surface area contributed by atoms with Crippen molar-refractivity contribution in [1.82, 2.24) is 0 Å². The third-order valence-corrected chi connectivity index (χ3v) is 2.75. The van der Waals surface area contributed by atoms with Gasteiger partial charge in [-0.25, -0.2) is 13.1 Å². The maximum atomic E-state index is 12.8. The summed E-state index contributed by atoms with van der Waals surface area (Å²) in [5, 5.41) is 0. The molecular formula is C11H15F2NOS. The maximum Gasteiger partial charge on any atom is 0.126 e. The predicted octanol–water partition coefficient (Wildman–Crippen LogP) is 2.63. The van der Waals surface area contributed by atoms with Gasteiger partial charge in [0.1, 0.15) is 11.6 Å². The summed E-state index contributed by atoms with van der Waals surface area (Å²) >= 11 is 0. The van der Waals surface area contributed by atoms with E-state index in [0.29, 0.717) is 24.9 Å². The third kappa shape index (κ3) is 5.21. The highest BCUT2D eigenvalue weighted by Gasteiger charge is 2.00. The Kier molecular flexibility index (Phi) is 4.41. The lowest BCUT2D eigenvalue weighted by Gasteiger charge is -2.01. The molecule has 0 aliphatic carbocycles. The fourth-order valence-corrected chi connectivity index (χ4v) is 1.89. The van der Waals surface area contributed by atoms with Gasteiger partial charge in [-0.05, 0) is 30.5 Å². The summed E-state index contributed by atoms with van der Waals surface area (Å²) in [6.07, 6.45) is 4.30. The normalized spacial score (nSPS) is 11.5. The molecule has 0 unspecified atom stereocenters. The molecule has 0 aliphatic rings. The minimum Gasteiger partial charge on any atom is -0.250 e. The van der Waals surface area contributed by atoms with Gasteiger partial charge in [-0.1, -0.05) is 0 Å². The molecule has 90 valence electrons. The first-order valence-corrected chi connectivity index (χ1v) is 7.28. The number of rotatable bonds is 4. The Morgan fingerprint density at radius 2 is 1.75 bits per heavy atom. The van der Waals surface area contributed by atoms with Crippen LogP contribution < -0.4 is 0 Å². The summed E-state index contributed by atoms with van der Waals surface area (Å²) < 4.78 is 40.8.